The fourth-order valence-corrected chi connectivity index (χ4v) is 3.43. The maximum atomic E-state index is 12.5. The predicted octanol–water partition coefficient (Wildman–Crippen LogP) is 3.80. The molecule has 1 aliphatic rings. The van der Waals surface area contributed by atoms with Crippen LogP contribution in [0, 0.1) is 0 Å². The van der Waals surface area contributed by atoms with Gasteiger partial charge in [0.2, 0.25) is 0 Å². The number of amides is 2. The van der Waals surface area contributed by atoms with Gasteiger partial charge in [-0.3, -0.25) is 0 Å². The van der Waals surface area contributed by atoms with Crippen LogP contribution in [-0.4, -0.2) is 55.1 Å². The molecule has 9 nitrogen and oxygen atoms in total. The minimum atomic E-state index is -0.435. The van der Waals surface area contributed by atoms with Gasteiger partial charge >= 0.3 is 12.0 Å². The second-order valence-electron chi connectivity index (χ2n) is 7.34. The van der Waals surface area contributed by atoms with Crippen molar-refractivity contribution in [3.05, 3.63) is 66.2 Å². The highest BCUT2D eigenvalue weighted by Gasteiger charge is 2.13. The molecule has 9 heteroatoms. The molecule has 0 radical (unpaired) electrons. The van der Waals surface area contributed by atoms with Gasteiger partial charge in [0, 0.05) is 30.0 Å². The van der Waals surface area contributed by atoms with Crippen molar-refractivity contribution in [2.45, 2.75) is 6.92 Å². The van der Waals surface area contributed by atoms with E-state index in [2.05, 4.69) is 25.7 Å². The Balaban J connectivity index is 1.40. The number of esters is 1. The number of benzene rings is 2. The first-order valence-corrected chi connectivity index (χ1v) is 10.7. The Morgan fingerprint density at radius 1 is 0.970 bits per heavy atom. The van der Waals surface area contributed by atoms with Gasteiger partial charge in [-0.2, -0.15) is 0 Å². The van der Waals surface area contributed by atoms with E-state index in [1.165, 1.54) is 0 Å². The first kappa shape index (κ1) is 22.2. The summed E-state index contributed by atoms with van der Waals surface area (Å²) in [5.41, 5.74) is 3.00. The maximum absolute atomic E-state index is 12.5. The number of carbonyl (C=O) groups excluding carboxylic acids is 2. The molecule has 1 aromatic heterocycles. The third kappa shape index (κ3) is 5.83. The van der Waals surface area contributed by atoms with Crippen molar-refractivity contribution in [2.75, 3.05) is 48.4 Å². The highest BCUT2D eigenvalue weighted by atomic mass is 16.5. The summed E-state index contributed by atoms with van der Waals surface area (Å²) in [7, 11) is 0. The minimum Gasteiger partial charge on any atom is -0.462 e. The summed E-state index contributed by atoms with van der Waals surface area (Å²) in [5.74, 6) is 0.385. The molecule has 4 rings (SSSR count). The number of urea groups is 1. The average Bonchev–Trinajstić information content (AvgIpc) is 2.85. The standard InChI is InChI=1S/C24H25N5O4/c1-2-33-23(30)18-6-4-8-20(16-18)26-24(31)25-19-7-3-5-17(15-19)21-9-10-22(28-27-21)29-11-13-32-14-12-29/h3-10,15-16H,2,11-14H2,1H3,(H2,25,26,31). The van der Waals surface area contributed by atoms with Crippen molar-refractivity contribution < 1.29 is 19.1 Å². The van der Waals surface area contributed by atoms with E-state index < -0.39 is 12.0 Å². The Kier molecular flexibility index (Phi) is 7.11. The highest BCUT2D eigenvalue weighted by molar-refractivity contribution is 6.01. The average molecular weight is 447 g/mol. The molecule has 0 aliphatic carbocycles. The Morgan fingerprint density at radius 2 is 1.70 bits per heavy atom. The summed E-state index contributed by atoms with van der Waals surface area (Å²) >= 11 is 0. The lowest BCUT2D eigenvalue weighted by Crippen LogP contribution is -2.36. The number of rotatable bonds is 6. The van der Waals surface area contributed by atoms with Crippen LogP contribution < -0.4 is 15.5 Å². The summed E-state index contributed by atoms with van der Waals surface area (Å²) in [6, 6.07) is 17.4. The second kappa shape index (κ2) is 10.6. The fraction of sp³-hybridized carbons (Fsp3) is 0.250. The van der Waals surface area contributed by atoms with Crippen LogP contribution in [0.5, 0.6) is 0 Å². The van der Waals surface area contributed by atoms with Crippen LogP contribution in [0.4, 0.5) is 22.0 Å². The first-order chi connectivity index (χ1) is 16.1. The molecular weight excluding hydrogens is 422 g/mol. The monoisotopic (exact) mass is 447 g/mol. The molecule has 0 spiro atoms. The maximum Gasteiger partial charge on any atom is 0.338 e. The molecule has 33 heavy (non-hydrogen) atoms. The van der Waals surface area contributed by atoms with Crippen molar-refractivity contribution in [1.82, 2.24) is 10.2 Å². The highest BCUT2D eigenvalue weighted by Crippen LogP contribution is 2.22. The van der Waals surface area contributed by atoms with Gasteiger partial charge in [-0.15, -0.1) is 10.2 Å². The number of hydrogen-bond donors (Lipinski definition) is 2. The van der Waals surface area contributed by atoms with Crippen molar-refractivity contribution in [2.24, 2.45) is 0 Å². The smallest absolute Gasteiger partial charge is 0.338 e. The van der Waals surface area contributed by atoms with E-state index in [-0.39, 0.29) is 6.61 Å². The number of aromatic nitrogens is 2. The van der Waals surface area contributed by atoms with E-state index in [0.717, 1.165) is 24.5 Å². The molecular formula is C24H25N5O4. The van der Waals surface area contributed by atoms with Crippen molar-refractivity contribution in [3.8, 4) is 11.3 Å². The lowest BCUT2D eigenvalue weighted by Gasteiger charge is -2.27. The molecule has 0 unspecified atom stereocenters. The van der Waals surface area contributed by atoms with Crippen molar-refractivity contribution in [1.29, 1.82) is 0 Å². The van der Waals surface area contributed by atoms with E-state index in [9.17, 15) is 9.59 Å². The summed E-state index contributed by atoms with van der Waals surface area (Å²) < 4.78 is 10.4. The minimum absolute atomic E-state index is 0.285. The Labute approximate surface area is 191 Å². The Hall–Kier alpha value is -3.98. The van der Waals surface area contributed by atoms with Crippen molar-refractivity contribution >= 4 is 29.2 Å². The third-order valence-corrected chi connectivity index (χ3v) is 5.03. The lowest BCUT2D eigenvalue weighted by atomic mass is 10.1. The fourth-order valence-electron chi connectivity index (χ4n) is 3.43. The molecule has 0 bridgehead atoms. The second-order valence-corrected chi connectivity index (χ2v) is 7.34. The van der Waals surface area contributed by atoms with Gasteiger partial charge in [-0.25, -0.2) is 9.59 Å². The molecule has 2 aromatic carbocycles. The van der Waals surface area contributed by atoms with Gasteiger partial charge in [-0.05, 0) is 49.4 Å². The number of nitrogens with one attached hydrogen (secondary N) is 2. The normalized spacial score (nSPS) is 13.3. The van der Waals surface area contributed by atoms with Gasteiger partial charge in [0.1, 0.15) is 0 Å². The van der Waals surface area contributed by atoms with Gasteiger partial charge in [0.25, 0.3) is 0 Å². The summed E-state index contributed by atoms with van der Waals surface area (Å²) in [5, 5.41) is 14.2. The van der Waals surface area contributed by atoms with Gasteiger partial charge in [0.15, 0.2) is 5.82 Å². The number of ether oxygens (including phenoxy) is 2. The van der Waals surface area contributed by atoms with Crippen LogP contribution in [0.15, 0.2) is 60.7 Å². The predicted molar refractivity (Wildman–Crippen MR) is 126 cm³/mol. The number of anilines is 3. The number of morpholine rings is 1. The van der Waals surface area contributed by atoms with Crippen LogP contribution in [0.2, 0.25) is 0 Å². The van der Waals surface area contributed by atoms with Crippen LogP contribution >= 0.6 is 0 Å². The van der Waals surface area contributed by atoms with E-state index in [1.54, 1.807) is 37.3 Å². The number of nitrogens with zero attached hydrogens (tertiary/aromatic N) is 3. The molecule has 1 aliphatic heterocycles. The van der Waals surface area contributed by atoms with Crippen molar-refractivity contribution in [3.63, 3.8) is 0 Å². The third-order valence-electron chi connectivity index (χ3n) is 5.03. The zero-order chi connectivity index (χ0) is 23.0. The van der Waals surface area contributed by atoms with Gasteiger partial charge < -0.3 is 25.0 Å². The van der Waals surface area contributed by atoms with E-state index in [1.807, 2.05) is 30.3 Å². The number of hydrogen-bond acceptors (Lipinski definition) is 7. The van der Waals surface area contributed by atoms with Crippen LogP contribution in [0.1, 0.15) is 17.3 Å². The molecule has 2 heterocycles. The summed E-state index contributed by atoms with van der Waals surface area (Å²) in [6.07, 6.45) is 0. The largest absolute Gasteiger partial charge is 0.462 e. The molecule has 1 fully saturated rings. The van der Waals surface area contributed by atoms with Crippen LogP contribution in [0.25, 0.3) is 11.3 Å². The van der Waals surface area contributed by atoms with Crippen LogP contribution in [0.3, 0.4) is 0 Å². The molecule has 2 amide bonds. The first-order valence-electron chi connectivity index (χ1n) is 10.7. The summed E-state index contributed by atoms with van der Waals surface area (Å²) in [4.78, 5) is 26.5. The van der Waals surface area contributed by atoms with Crippen LogP contribution in [-0.2, 0) is 9.47 Å². The van der Waals surface area contributed by atoms with E-state index >= 15 is 0 Å². The van der Waals surface area contributed by atoms with E-state index in [0.29, 0.717) is 35.8 Å². The topological polar surface area (TPSA) is 106 Å². The zero-order valence-corrected chi connectivity index (χ0v) is 18.3. The van der Waals surface area contributed by atoms with Gasteiger partial charge in [0.05, 0.1) is 31.1 Å². The SMILES string of the molecule is CCOC(=O)c1cccc(NC(=O)Nc2cccc(-c3ccc(N4CCOCC4)nn3)c2)c1. The summed E-state index contributed by atoms with van der Waals surface area (Å²) in [6.45, 7) is 4.99. The quantitative estimate of drug-likeness (QED) is 0.554. The van der Waals surface area contributed by atoms with E-state index in [4.69, 9.17) is 9.47 Å². The Bertz CT molecular complexity index is 1110. The molecule has 2 N–H and O–H groups in total. The molecule has 170 valence electrons. The Morgan fingerprint density at radius 3 is 2.39 bits per heavy atom. The number of carbonyl (C=O) groups is 2. The zero-order valence-electron chi connectivity index (χ0n) is 18.3. The molecule has 3 aromatic rings. The molecule has 0 atom stereocenters. The lowest BCUT2D eigenvalue weighted by molar-refractivity contribution is 0.0526. The molecule has 1 saturated heterocycles. The molecule has 0 saturated carbocycles. The van der Waals surface area contributed by atoms with Gasteiger partial charge in [-0.1, -0.05) is 18.2 Å².